The van der Waals surface area contributed by atoms with E-state index in [0.717, 1.165) is 0 Å². The molecule has 8 heteroatoms. The maximum Gasteiger partial charge on any atom is 0.267 e. The fourth-order valence-corrected chi connectivity index (χ4v) is 2.19. The fourth-order valence-electron chi connectivity index (χ4n) is 2.19. The van der Waals surface area contributed by atoms with Gasteiger partial charge in [0.2, 0.25) is 5.88 Å². The minimum Gasteiger partial charge on any atom is -0.493 e. The molecule has 0 fully saturated rings. The van der Waals surface area contributed by atoms with Gasteiger partial charge in [-0.1, -0.05) is 0 Å². The van der Waals surface area contributed by atoms with Gasteiger partial charge in [-0.2, -0.15) is 10.2 Å². The lowest BCUT2D eigenvalue weighted by Gasteiger charge is -2.09. The highest BCUT2D eigenvalue weighted by Crippen LogP contribution is 2.27. The molecule has 0 aliphatic rings. The van der Waals surface area contributed by atoms with Gasteiger partial charge in [-0.25, -0.2) is 5.10 Å². The number of aromatic hydroxyl groups is 1. The first-order valence-corrected chi connectivity index (χ1v) is 5.84. The molecule has 1 aromatic carbocycles. The quantitative estimate of drug-likeness (QED) is 0.312. The van der Waals surface area contributed by atoms with Crippen LogP contribution in [-0.2, 0) is 0 Å². The third kappa shape index (κ3) is 1.58. The van der Waals surface area contributed by atoms with Crippen LogP contribution in [0.5, 0.6) is 5.88 Å². The minimum atomic E-state index is -0.287. The summed E-state index contributed by atoms with van der Waals surface area (Å²) < 4.78 is 0. The van der Waals surface area contributed by atoms with Crippen molar-refractivity contribution < 1.29 is 9.90 Å². The zero-order chi connectivity index (χ0) is 14.3. The smallest absolute Gasteiger partial charge is 0.267 e. The Morgan fingerprint density at radius 2 is 2.30 bits per heavy atom. The van der Waals surface area contributed by atoms with Crippen LogP contribution in [0.3, 0.4) is 0 Å². The van der Waals surface area contributed by atoms with Gasteiger partial charge in [-0.05, 0) is 18.2 Å². The molecule has 0 aliphatic carbocycles. The summed E-state index contributed by atoms with van der Waals surface area (Å²) in [6.07, 6.45) is 0. The van der Waals surface area contributed by atoms with Gasteiger partial charge in [0.15, 0.2) is 0 Å². The van der Waals surface area contributed by atoms with Gasteiger partial charge in [-0.3, -0.25) is 4.79 Å². The van der Waals surface area contributed by atoms with Crippen molar-refractivity contribution in [1.82, 2.24) is 20.5 Å². The van der Waals surface area contributed by atoms with E-state index in [2.05, 4.69) is 25.6 Å². The molecule has 0 aliphatic heterocycles. The van der Waals surface area contributed by atoms with E-state index in [1.165, 1.54) is 7.05 Å². The van der Waals surface area contributed by atoms with Crippen LogP contribution < -0.4 is 16.5 Å². The summed E-state index contributed by atoms with van der Waals surface area (Å²) >= 11 is 0. The number of nitrogens with zero attached hydrogens (tertiary/aromatic N) is 2. The first-order chi connectivity index (χ1) is 9.65. The number of nitrogens with two attached hydrogens (primary N) is 1. The number of hydrogen-bond donors (Lipinski definition) is 5. The van der Waals surface area contributed by atoms with Crippen molar-refractivity contribution >= 4 is 27.7 Å². The van der Waals surface area contributed by atoms with Crippen molar-refractivity contribution in [3.8, 4) is 5.88 Å². The summed E-state index contributed by atoms with van der Waals surface area (Å²) in [4.78, 5) is 14.7. The molecular formula is C12H12N6O2. The van der Waals surface area contributed by atoms with Crippen molar-refractivity contribution in [2.75, 3.05) is 7.05 Å². The Morgan fingerprint density at radius 1 is 1.50 bits per heavy atom. The molecule has 0 saturated heterocycles. The summed E-state index contributed by atoms with van der Waals surface area (Å²) in [6, 6.07) is 4.92. The van der Waals surface area contributed by atoms with Crippen LogP contribution in [0, 0.1) is 0 Å². The Bertz CT molecular complexity index is 892. The molecule has 2 heterocycles. The normalized spacial score (nSPS) is 12.2. The van der Waals surface area contributed by atoms with Crippen LogP contribution in [0.25, 0.3) is 21.8 Å². The standard InChI is InChI=1S/C12H12N6O2/c1-14-12(20)8-4-7-9-5(11(19)18-17-7)2-3-6(16-13)10(9)15-8/h2-4,15,18-19H,13H2,1H3,(H,14,20)/b16-6+. The molecule has 0 saturated carbocycles. The van der Waals surface area contributed by atoms with E-state index in [9.17, 15) is 9.90 Å². The molecule has 0 bridgehead atoms. The Morgan fingerprint density at radius 3 is 3.00 bits per heavy atom. The van der Waals surface area contributed by atoms with E-state index in [4.69, 9.17) is 5.84 Å². The molecule has 0 radical (unpaired) electrons. The Labute approximate surface area is 112 Å². The predicted octanol–water partition coefficient (Wildman–Crippen LogP) is -0.116. The number of nitrogens with one attached hydrogen (secondary N) is 3. The molecule has 0 unspecified atom stereocenters. The van der Waals surface area contributed by atoms with Crippen LogP contribution in [-0.4, -0.2) is 33.2 Å². The van der Waals surface area contributed by atoms with E-state index < -0.39 is 0 Å². The molecular weight excluding hydrogens is 260 g/mol. The number of aromatic nitrogens is 3. The molecule has 0 atom stereocenters. The van der Waals surface area contributed by atoms with Gasteiger partial charge in [0.1, 0.15) is 11.1 Å². The zero-order valence-corrected chi connectivity index (χ0v) is 10.6. The summed E-state index contributed by atoms with van der Waals surface area (Å²) in [7, 11) is 1.53. The highest BCUT2D eigenvalue weighted by atomic mass is 16.3. The molecule has 20 heavy (non-hydrogen) atoms. The Kier molecular flexibility index (Phi) is 2.56. The lowest BCUT2D eigenvalue weighted by atomic mass is 10.1. The second kappa shape index (κ2) is 4.26. The number of hydrogen-bond acceptors (Lipinski definition) is 5. The lowest BCUT2D eigenvalue weighted by Crippen LogP contribution is -2.20. The molecule has 2 aromatic heterocycles. The number of amides is 1. The maximum absolute atomic E-state index is 11.8. The van der Waals surface area contributed by atoms with Crippen molar-refractivity contribution in [2.24, 2.45) is 10.9 Å². The summed E-state index contributed by atoms with van der Waals surface area (Å²) in [5.41, 5.74) is 1.39. The lowest BCUT2D eigenvalue weighted by molar-refractivity contribution is 0.0958. The number of carbonyl (C=O) groups excluding carboxylic acids is 1. The second-order valence-electron chi connectivity index (χ2n) is 4.23. The van der Waals surface area contributed by atoms with Gasteiger partial charge in [0.25, 0.3) is 5.91 Å². The first kappa shape index (κ1) is 12.0. The molecule has 6 N–H and O–H groups in total. The largest absolute Gasteiger partial charge is 0.493 e. The highest BCUT2D eigenvalue weighted by molar-refractivity contribution is 6.10. The third-order valence-electron chi connectivity index (χ3n) is 3.13. The molecule has 102 valence electrons. The van der Waals surface area contributed by atoms with Gasteiger partial charge < -0.3 is 21.2 Å². The van der Waals surface area contributed by atoms with E-state index in [1.54, 1.807) is 18.2 Å². The third-order valence-corrected chi connectivity index (χ3v) is 3.13. The van der Waals surface area contributed by atoms with Crippen LogP contribution >= 0.6 is 0 Å². The van der Waals surface area contributed by atoms with Crippen molar-refractivity contribution in [3.05, 3.63) is 29.3 Å². The first-order valence-electron chi connectivity index (χ1n) is 5.84. The summed E-state index contributed by atoms with van der Waals surface area (Å²) in [6.45, 7) is 0. The van der Waals surface area contributed by atoms with E-state index >= 15 is 0 Å². The number of pyridine rings is 1. The highest BCUT2D eigenvalue weighted by Gasteiger charge is 2.13. The second-order valence-corrected chi connectivity index (χ2v) is 4.23. The van der Waals surface area contributed by atoms with E-state index in [1.807, 2.05) is 0 Å². The van der Waals surface area contributed by atoms with Crippen LogP contribution in [0.4, 0.5) is 0 Å². The molecule has 8 nitrogen and oxygen atoms in total. The SMILES string of the molecule is CNC(=O)c1cc2n[nH]c(O)c3cc/c(=N\N)c([nH]1)c23. The Hall–Kier alpha value is -3.03. The van der Waals surface area contributed by atoms with Gasteiger partial charge in [0, 0.05) is 17.8 Å². The van der Waals surface area contributed by atoms with Gasteiger partial charge in [0.05, 0.1) is 11.0 Å². The summed E-state index contributed by atoms with van der Waals surface area (Å²) in [5, 5.41) is 24.2. The number of rotatable bonds is 1. The number of H-pyrrole nitrogens is 2. The maximum atomic E-state index is 11.8. The van der Waals surface area contributed by atoms with Crippen LogP contribution in [0.1, 0.15) is 10.5 Å². The van der Waals surface area contributed by atoms with Crippen molar-refractivity contribution in [3.63, 3.8) is 0 Å². The summed E-state index contributed by atoms with van der Waals surface area (Å²) in [5.74, 6) is 5.01. The van der Waals surface area contributed by atoms with E-state index in [0.29, 0.717) is 32.9 Å². The average molecular weight is 272 g/mol. The minimum absolute atomic E-state index is 0.0628. The molecule has 1 amide bonds. The predicted molar refractivity (Wildman–Crippen MR) is 72.8 cm³/mol. The molecule has 3 rings (SSSR count). The van der Waals surface area contributed by atoms with Crippen molar-refractivity contribution in [2.45, 2.75) is 0 Å². The zero-order valence-electron chi connectivity index (χ0n) is 10.6. The van der Waals surface area contributed by atoms with Crippen LogP contribution in [0.15, 0.2) is 23.3 Å². The van der Waals surface area contributed by atoms with Gasteiger partial charge in [-0.15, -0.1) is 0 Å². The molecule has 3 aromatic rings. The number of benzene rings is 1. The fraction of sp³-hybridized carbons (Fsp3) is 0.0833. The van der Waals surface area contributed by atoms with E-state index in [-0.39, 0.29) is 11.8 Å². The Balaban J connectivity index is 2.55. The topological polar surface area (TPSA) is 132 Å². The van der Waals surface area contributed by atoms with Gasteiger partial charge >= 0.3 is 0 Å². The number of aromatic amines is 2. The molecule has 0 spiro atoms. The number of carbonyl (C=O) groups is 1. The average Bonchev–Trinajstić information content (AvgIpc) is 2.49. The van der Waals surface area contributed by atoms with Crippen LogP contribution in [0.2, 0.25) is 0 Å². The monoisotopic (exact) mass is 272 g/mol. The van der Waals surface area contributed by atoms with Crippen molar-refractivity contribution in [1.29, 1.82) is 0 Å².